The highest BCUT2D eigenvalue weighted by Crippen LogP contribution is 2.21. The molecule has 2 heterocycles. The number of hydrogen-bond acceptors (Lipinski definition) is 2. The van der Waals surface area contributed by atoms with E-state index in [1.54, 1.807) is 0 Å². The van der Waals surface area contributed by atoms with Crippen LogP contribution >= 0.6 is 0 Å². The fraction of sp³-hybridized carbons (Fsp3) is 0.263. The third kappa shape index (κ3) is 2.72. The summed E-state index contributed by atoms with van der Waals surface area (Å²) in [7, 11) is 0. The Morgan fingerprint density at radius 2 is 2.00 bits per heavy atom. The highest BCUT2D eigenvalue weighted by Gasteiger charge is 2.20. The number of nitrogens with zero attached hydrogens (tertiary/aromatic N) is 2. The molecule has 1 aromatic carbocycles. The van der Waals surface area contributed by atoms with Gasteiger partial charge in [-0.25, -0.2) is 4.98 Å². The molecule has 23 heavy (non-hydrogen) atoms. The number of carbonyl (C=O) groups is 1. The minimum absolute atomic E-state index is 0.0114. The number of carbonyl (C=O) groups excluding carboxylic acids is 1. The molecule has 4 heteroatoms. The SMILES string of the molecule is Cc1cn2cc(C(=O)NC3CCc4ccccc4C3)ccc2n1. The average molecular weight is 305 g/mol. The summed E-state index contributed by atoms with van der Waals surface area (Å²) in [5.41, 5.74) is 5.25. The molecule has 1 atom stereocenters. The lowest BCUT2D eigenvalue weighted by Gasteiger charge is -2.25. The number of pyridine rings is 1. The number of benzene rings is 1. The average Bonchev–Trinajstić information content (AvgIpc) is 2.93. The third-order valence-electron chi connectivity index (χ3n) is 4.52. The van der Waals surface area contributed by atoms with Crippen LogP contribution in [-0.4, -0.2) is 21.3 Å². The van der Waals surface area contributed by atoms with E-state index in [4.69, 9.17) is 0 Å². The minimum atomic E-state index is -0.0114. The normalized spacial score (nSPS) is 17.0. The highest BCUT2D eigenvalue weighted by molar-refractivity contribution is 5.94. The molecule has 3 aromatic rings. The summed E-state index contributed by atoms with van der Waals surface area (Å²) in [4.78, 5) is 16.9. The molecule has 116 valence electrons. The third-order valence-corrected chi connectivity index (χ3v) is 4.52. The van der Waals surface area contributed by atoms with E-state index in [0.717, 1.165) is 30.6 Å². The first-order chi connectivity index (χ1) is 11.2. The van der Waals surface area contributed by atoms with E-state index in [-0.39, 0.29) is 11.9 Å². The molecule has 1 amide bonds. The molecule has 0 bridgehead atoms. The maximum Gasteiger partial charge on any atom is 0.253 e. The van der Waals surface area contributed by atoms with Crippen molar-refractivity contribution in [3.63, 3.8) is 0 Å². The molecular formula is C19H19N3O. The molecule has 0 saturated carbocycles. The number of rotatable bonds is 2. The van der Waals surface area contributed by atoms with Crippen LogP contribution in [0.4, 0.5) is 0 Å². The van der Waals surface area contributed by atoms with Gasteiger partial charge in [-0.05, 0) is 49.4 Å². The fourth-order valence-electron chi connectivity index (χ4n) is 3.34. The molecule has 0 radical (unpaired) electrons. The van der Waals surface area contributed by atoms with Crippen LogP contribution in [0, 0.1) is 6.92 Å². The second kappa shape index (κ2) is 5.54. The predicted molar refractivity (Wildman–Crippen MR) is 89.7 cm³/mol. The van der Waals surface area contributed by atoms with Crippen LogP contribution in [-0.2, 0) is 12.8 Å². The van der Waals surface area contributed by atoms with E-state index in [2.05, 4.69) is 34.6 Å². The second-order valence-electron chi connectivity index (χ2n) is 6.25. The van der Waals surface area contributed by atoms with Crippen molar-refractivity contribution in [3.05, 3.63) is 71.2 Å². The second-order valence-corrected chi connectivity index (χ2v) is 6.25. The first kappa shape index (κ1) is 14.0. The summed E-state index contributed by atoms with van der Waals surface area (Å²) in [6.07, 6.45) is 6.72. The van der Waals surface area contributed by atoms with Crippen molar-refractivity contribution in [1.82, 2.24) is 14.7 Å². The molecule has 4 rings (SSSR count). The number of fused-ring (bicyclic) bond motifs is 2. The van der Waals surface area contributed by atoms with Crippen LogP contribution in [0.1, 0.15) is 33.6 Å². The Bertz CT molecular complexity index is 881. The Balaban J connectivity index is 1.51. The zero-order chi connectivity index (χ0) is 15.8. The van der Waals surface area contributed by atoms with E-state index in [1.807, 2.05) is 35.9 Å². The van der Waals surface area contributed by atoms with Crippen LogP contribution in [0.25, 0.3) is 5.65 Å². The molecule has 1 aliphatic carbocycles. The van der Waals surface area contributed by atoms with Gasteiger partial charge in [0.15, 0.2) is 0 Å². The summed E-state index contributed by atoms with van der Waals surface area (Å²) in [5.74, 6) is -0.0114. The van der Waals surface area contributed by atoms with E-state index < -0.39 is 0 Å². The number of amides is 1. The topological polar surface area (TPSA) is 46.4 Å². The van der Waals surface area contributed by atoms with Crippen LogP contribution < -0.4 is 5.32 Å². The largest absolute Gasteiger partial charge is 0.349 e. The van der Waals surface area contributed by atoms with E-state index in [9.17, 15) is 4.79 Å². The number of hydrogen-bond donors (Lipinski definition) is 1. The molecule has 1 aliphatic rings. The van der Waals surface area contributed by atoms with Gasteiger partial charge < -0.3 is 9.72 Å². The predicted octanol–water partition coefficient (Wildman–Crippen LogP) is 2.93. The zero-order valence-corrected chi connectivity index (χ0v) is 13.1. The Morgan fingerprint density at radius 3 is 2.87 bits per heavy atom. The van der Waals surface area contributed by atoms with Crippen LogP contribution in [0.15, 0.2) is 48.8 Å². The number of aryl methyl sites for hydroxylation is 2. The molecule has 1 N–H and O–H groups in total. The number of imidazole rings is 1. The lowest BCUT2D eigenvalue weighted by molar-refractivity contribution is 0.0933. The van der Waals surface area contributed by atoms with Gasteiger partial charge in [0.2, 0.25) is 0 Å². The fourth-order valence-corrected chi connectivity index (χ4v) is 3.34. The van der Waals surface area contributed by atoms with Gasteiger partial charge in [0, 0.05) is 18.4 Å². The lowest BCUT2D eigenvalue weighted by Crippen LogP contribution is -2.38. The summed E-state index contributed by atoms with van der Waals surface area (Å²) < 4.78 is 1.90. The van der Waals surface area contributed by atoms with Crippen molar-refractivity contribution < 1.29 is 4.79 Å². The summed E-state index contributed by atoms with van der Waals surface area (Å²) in [6.45, 7) is 1.95. The van der Waals surface area contributed by atoms with Crippen molar-refractivity contribution >= 4 is 11.6 Å². The lowest BCUT2D eigenvalue weighted by atomic mass is 9.88. The van der Waals surface area contributed by atoms with Crippen molar-refractivity contribution in [2.24, 2.45) is 0 Å². The number of nitrogens with one attached hydrogen (secondary N) is 1. The highest BCUT2D eigenvalue weighted by atomic mass is 16.1. The van der Waals surface area contributed by atoms with Crippen LogP contribution in [0.5, 0.6) is 0 Å². The molecule has 0 aliphatic heterocycles. The van der Waals surface area contributed by atoms with Crippen molar-refractivity contribution in [2.45, 2.75) is 32.2 Å². The van der Waals surface area contributed by atoms with Gasteiger partial charge >= 0.3 is 0 Å². The summed E-state index contributed by atoms with van der Waals surface area (Å²) in [5, 5.41) is 3.17. The van der Waals surface area contributed by atoms with E-state index >= 15 is 0 Å². The maximum absolute atomic E-state index is 12.5. The van der Waals surface area contributed by atoms with E-state index in [0.29, 0.717) is 5.56 Å². The van der Waals surface area contributed by atoms with Gasteiger partial charge in [-0.1, -0.05) is 24.3 Å². The smallest absolute Gasteiger partial charge is 0.253 e. The van der Waals surface area contributed by atoms with E-state index in [1.165, 1.54) is 11.1 Å². The van der Waals surface area contributed by atoms with Gasteiger partial charge in [-0.15, -0.1) is 0 Å². The first-order valence-corrected chi connectivity index (χ1v) is 8.02. The summed E-state index contributed by atoms with van der Waals surface area (Å²) in [6, 6.07) is 12.4. The molecule has 1 unspecified atom stereocenters. The standard InChI is InChI=1S/C19H19N3O/c1-13-11-22-12-16(7-9-18(22)20-13)19(23)21-17-8-6-14-4-2-3-5-15(14)10-17/h2-5,7,9,11-12,17H,6,8,10H2,1H3,(H,21,23). The monoisotopic (exact) mass is 305 g/mol. The van der Waals surface area contributed by atoms with Gasteiger partial charge in [0.25, 0.3) is 5.91 Å². The zero-order valence-electron chi connectivity index (χ0n) is 13.1. The van der Waals surface area contributed by atoms with Gasteiger partial charge in [0.05, 0.1) is 11.3 Å². The van der Waals surface area contributed by atoms with Crippen LogP contribution in [0.3, 0.4) is 0 Å². The van der Waals surface area contributed by atoms with Gasteiger partial charge in [-0.2, -0.15) is 0 Å². The molecule has 0 fully saturated rings. The first-order valence-electron chi connectivity index (χ1n) is 8.02. The van der Waals surface area contributed by atoms with Crippen molar-refractivity contribution in [2.75, 3.05) is 0 Å². The van der Waals surface area contributed by atoms with Crippen LogP contribution in [0.2, 0.25) is 0 Å². The number of aromatic nitrogens is 2. The Kier molecular flexibility index (Phi) is 3.37. The van der Waals surface area contributed by atoms with Crippen molar-refractivity contribution in [3.8, 4) is 0 Å². The molecule has 0 spiro atoms. The maximum atomic E-state index is 12.5. The Hall–Kier alpha value is -2.62. The molecule has 2 aromatic heterocycles. The quantitative estimate of drug-likeness (QED) is 0.791. The Labute approximate surface area is 135 Å². The molecular weight excluding hydrogens is 286 g/mol. The van der Waals surface area contributed by atoms with Gasteiger partial charge in [0.1, 0.15) is 5.65 Å². The molecule has 4 nitrogen and oxygen atoms in total. The molecule has 0 saturated heterocycles. The van der Waals surface area contributed by atoms with Crippen molar-refractivity contribution in [1.29, 1.82) is 0 Å². The van der Waals surface area contributed by atoms with Gasteiger partial charge in [-0.3, -0.25) is 4.79 Å². The summed E-state index contributed by atoms with van der Waals surface area (Å²) >= 11 is 0. The Morgan fingerprint density at radius 1 is 1.17 bits per heavy atom. The minimum Gasteiger partial charge on any atom is -0.349 e.